The van der Waals surface area contributed by atoms with Crippen molar-refractivity contribution in [2.75, 3.05) is 25.4 Å². The minimum Gasteiger partial charge on any atom is -0.461 e. The lowest BCUT2D eigenvalue weighted by Gasteiger charge is -2.34. The summed E-state index contributed by atoms with van der Waals surface area (Å²) in [7, 11) is 0. The summed E-state index contributed by atoms with van der Waals surface area (Å²) in [6.07, 6.45) is 4.89. The average molecular weight is 459 g/mol. The molecule has 10 nitrogen and oxygen atoms in total. The number of piperidine rings is 1. The van der Waals surface area contributed by atoms with E-state index >= 15 is 0 Å². The lowest BCUT2D eigenvalue weighted by molar-refractivity contribution is 0.0578. The van der Waals surface area contributed by atoms with Crippen LogP contribution in [0, 0.1) is 5.92 Å². The molecule has 4 aromatic heterocycles. The van der Waals surface area contributed by atoms with E-state index in [2.05, 4.69) is 25.1 Å². The lowest BCUT2D eigenvalue weighted by Crippen LogP contribution is -2.37. The summed E-state index contributed by atoms with van der Waals surface area (Å²) in [6.45, 7) is 3.44. The van der Waals surface area contributed by atoms with Crippen molar-refractivity contribution in [3.63, 3.8) is 0 Å². The van der Waals surface area contributed by atoms with Gasteiger partial charge in [-0.05, 0) is 49.5 Å². The van der Waals surface area contributed by atoms with Gasteiger partial charge in [-0.25, -0.2) is 9.67 Å². The number of aromatic nitrogens is 6. The number of hydrogen-bond acceptors (Lipinski definition) is 8. The van der Waals surface area contributed by atoms with Crippen LogP contribution < -0.4 is 5.73 Å². The smallest absolute Gasteiger partial charge is 0.225 e. The molecule has 1 unspecified atom stereocenters. The minimum atomic E-state index is -0.401. The van der Waals surface area contributed by atoms with Crippen molar-refractivity contribution in [3.05, 3.63) is 60.5 Å². The third-order valence-electron chi connectivity index (χ3n) is 6.69. The molecular formula is C24H26N8O2. The van der Waals surface area contributed by atoms with E-state index in [9.17, 15) is 5.11 Å². The average Bonchev–Trinajstić information content (AvgIpc) is 3.63. The van der Waals surface area contributed by atoms with Crippen molar-refractivity contribution in [2.24, 2.45) is 5.92 Å². The molecule has 0 amide bonds. The number of aliphatic hydroxyl groups excluding tert-OH is 1. The molecule has 10 heteroatoms. The molecule has 5 aromatic rings. The molecule has 1 aromatic carbocycles. The first-order valence-corrected chi connectivity index (χ1v) is 11.5. The third kappa shape index (κ3) is 3.70. The predicted molar refractivity (Wildman–Crippen MR) is 127 cm³/mol. The largest absolute Gasteiger partial charge is 0.461 e. The second kappa shape index (κ2) is 8.54. The molecule has 0 radical (unpaired) electrons. The zero-order valence-electron chi connectivity index (χ0n) is 18.7. The predicted octanol–water partition coefficient (Wildman–Crippen LogP) is 2.76. The topological polar surface area (TPSA) is 124 Å². The first-order valence-electron chi connectivity index (χ1n) is 11.5. The van der Waals surface area contributed by atoms with Gasteiger partial charge in [0.1, 0.15) is 0 Å². The highest BCUT2D eigenvalue weighted by molar-refractivity contribution is 5.90. The maximum atomic E-state index is 10.7. The summed E-state index contributed by atoms with van der Waals surface area (Å²) >= 11 is 0. The van der Waals surface area contributed by atoms with Crippen molar-refractivity contribution in [1.29, 1.82) is 0 Å². The highest BCUT2D eigenvalue weighted by atomic mass is 16.3. The number of nitrogens with zero attached hydrogens (tertiary/aromatic N) is 7. The number of likely N-dealkylation sites (tertiary alicyclic amines) is 1. The van der Waals surface area contributed by atoms with Gasteiger partial charge in [-0.1, -0.05) is 30.3 Å². The van der Waals surface area contributed by atoms with E-state index < -0.39 is 6.10 Å². The summed E-state index contributed by atoms with van der Waals surface area (Å²) in [6, 6.07) is 13.5. The fraction of sp³-hybridized carbons (Fsp3) is 0.333. The molecule has 1 fully saturated rings. The van der Waals surface area contributed by atoms with Crippen LogP contribution in [0.4, 0.5) is 5.95 Å². The van der Waals surface area contributed by atoms with Gasteiger partial charge in [0.05, 0.1) is 30.5 Å². The highest BCUT2D eigenvalue weighted by Crippen LogP contribution is 2.30. The number of anilines is 1. The van der Waals surface area contributed by atoms with Gasteiger partial charge in [-0.3, -0.25) is 0 Å². The lowest BCUT2D eigenvalue weighted by atomic mass is 9.87. The Morgan fingerprint density at radius 3 is 2.62 bits per heavy atom. The molecule has 1 aliphatic rings. The van der Waals surface area contributed by atoms with Gasteiger partial charge < -0.3 is 20.2 Å². The number of fused-ring (bicyclic) bond motifs is 3. The number of aliphatic hydroxyl groups is 1. The van der Waals surface area contributed by atoms with Gasteiger partial charge in [-0.2, -0.15) is 14.6 Å². The van der Waals surface area contributed by atoms with Crippen LogP contribution in [0.5, 0.6) is 0 Å². The SMILES string of the molecule is Nc1nc2c(cnn2CCN2CCC(C(O)c3ccccc3)CC2)c2nc(-c3ccco3)nn12. The van der Waals surface area contributed by atoms with Gasteiger partial charge in [0, 0.05) is 6.54 Å². The van der Waals surface area contributed by atoms with Crippen molar-refractivity contribution in [1.82, 2.24) is 34.3 Å². The fourth-order valence-electron chi connectivity index (χ4n) is 4.78. The molecule has 0 saturated carbocycles. The van der Waals surface area contributed by atoms with Gasteiger partial charge in [0.15, 0.2) is 17.1 Å². The Bertz CT molecular complexity index is 1400. The van der Waals surface area contributed by atoms with E-state index in [1.165, 1.54) is 4.52 Å². The standard InChI is InChI=1S/C24H26N8O2/c25-24-28-22-18(23-27-21(29-32(23)24)19-7-4-14-34-19)15-26-31(22)13-12-30-10-8-17(9-11-30)20(33)16-5-2-1-3-6-16/h1-7,14-15,17,20,33H,8-13H2,(H2,25,28). The van der Waals surface area contributed by atoms with Crippen LogP contribution in [0.3, 0.4) is 0 Å². The van der Waals surface area contributed by atoms with Gasteiger partial charge in [0.25, 0.3) is 0 Å². The first kappa shape index (κ1) is 20.8. The maximum absolute atomic E-state index is 10.7. The summed E-state index contributed by atoms with van der Waals surface area (Å²) < 4.78 is 8.81. The van der Waals surface area contributed by atoms with Crippen LogP contribution in [-0.2, 0) is 6.54 Å². The molecule has 0 bridgehead atoms. The molecule has 1 saturated heterocycles. The van der Waals surface area contributed by atoms with Gasteiger partial charge >= 0.3 is 0 Å². The van der Waals surface area contributed by atoms with Crippen LogP contribution in [-0.4, -0.2) is 59.0 Å². The van der Waals surface area contributed by atoms with E-state index in [1.807, 2.05) is 35.0 Å². The Hall–Kier alpha value is -3.76. The Balaban J connectivity index is 1.15. The van der Waals surface area contributed by atoms with Crippen LogP contribution in [0.15, 0.2) is 59.3 Å². The summed E-state index contributed by atoms with van der Waals surface area (Å²) in [5.74, 6) is 1.57. The molecule has 1 aliphatic heterocycles. The van der Waals surface area contributed by atoms with Crippen molar-refractivity contribution < 1.29 is 9.52 Å². The quantitative estimate of drug-likeness (QED) is 0.398. The summed E-state index contributed by atoms with van der Waals surface area (Å²) in [5, 5.41) is 20.5. The van der Waals surface area contributed by atoms with E-state index in [0.717, 1.165) is 43.4 Å². The number of hydrogen-bond donors (Lipinski definition) is 2. The second-order valence-electron chi connectivity index (χ2n) is 8.76. The molecule has 34 heavy (non-hydrogen) atoms. The number of nitrogen functional groups attached to an aromatic ring is 1. The Kier molecular flexibility index (Phi) is 5.23. The highest BCUT2D eigenvalue weighted by Gasteiger charge is 2.26. The van der Waals surface area contributed by atoms with Gasteiger partial charge in [0.2, 0.25) is 11.8 Å². The van der Waals surface area contributed by atoms with E-state index in [0.29, 0.717) is 29.4 Å². The zero-order chi connectivity index (χ0) is 23.1. The number of benzene rings is 1. The molecule has 6 rings (SSSR count). The summed E-state index contributed by atoms with van der Waals surface area (Å²) in [5.41, 5.74) is 8.49. The van der Waals surface area contributed by atoms with Crippen LogP contribution >= 0.6 is 0 Å². The molecule has 3 N–H and O–H groups in total. The van der Waals surface area contributed by atoms with Crippen molar-refractivity contribution in [3.8, 4) is 11.6 Å². The van der Waals surface area contributed by atoms with Crippen LogP contribution in [0.1, 0.15) is 24.5 Å². The monoisotopic (exact) mass is 458 g/mol. The van der Waals surface area contributed by atoms with Crippen LogP contribution in [0.25, 0.3) is 28.3 Å². The van der Waals surface area contributed by atoms with Crippen molar-refractivity contribution >= 4 is 22.6 Å². The maximum Gasteiger partial charge on any atom is 0.225 e. The Morgan fingerprint density at radius 2 is 1.85 bits per heavy atom. The minimum absolute atomic E-state index is 0.255. The molecular weight excluding hydrogens is 432 g/mol. The molecule has 1 atom stereocenters. The zero-order valence-corrected chi connectivity index (χ0v) is 18.7. The van der Waals surface area contributed by atoms with E-state index in [-0.39, 0.29) is 11.9 Å². The number of nitrogens with two attached hydrogens (primary N) is 1. The number of rotatable bonds is 6. The first-order chi connectivity index (χ1) is 16.7. The summed E-state index contributed by atoms with van der Waals surface area (Å²) in [4.78, 5) is 11.6. The van der Waals surface area contributed by atoms with Gasteiger partial charge in [-0.15, -0.1) is 5.10 Å². The van der Waals surface area contributed by atoms with Crippen LogP contribution in [0.2, 0.25) is 0 Å². The van der Waals surface area contributed by atoms with E-state index in [4.69, 9.17) is 10.2 Å². The second-order valence-corrected chi connectivity index (χ2v) is 8.76. The number of furan rings is 1. The third-order valence-corrected chi connectivity index (χ3v) is 6.69. The van der Waals surface area contributed by atoms with E-state index in [1.54, 1.807) is 24.6 Å². The fourth-order valence-corrected chi connectivity index (χ4v) is 4.78. The normalized spacial score (nSPS) is 16.5. The van der Waals surface area contributed by atoms with Crippen molar-refractivity contribution in [2.45, 2.75) is 25.5 Å². The molecule has 0 aliphatic carbocycles. The molecule has 5 heterocycles. The Labute approximate surface area is 195 Å². The Morgan fingerprint density at radius 1 is 1.03 bits per heavy atom. The molecule has 174 valence electrons. The molecule has 0 spiro atoms.